The molecule has 0 saturated carbocycles. The van der Waals surface area contributed by atoms with E-state index in [1.807, 2.05) is 25.4 Å². The first-order chi connectivity index (χ1) is 6.40. The highest BCUT2D eigenvalue weighted by Crippen LogP contribution is 2.16. The fraction of sp³-hybridized carbons (Fsp3) is 0.500. The molecule has 0 bridgehead atoms. The van der Waals surface area contributed by atoms with Gasteiger partial charge in [0.2, 0.25) is 0 Å². The molecule has 70 valence electrons. The van der Waals surface area contributed by atoms with Gasteiger partial charge in [-0.3, -0.25) is 0 Å². The van der Waals surface area contributed by atoms with Gasteiger partial charge >= 0.3 is 0 Å². The van der Waals surface area contributed by atoms with Crippen molar-refractivity contribution in [1.82, 2.24) is 10.3 Å². The Morgan fingerprint density at radius 1 is 1.54 bits per heavy atom. The van der Waals surface area contributed by atoms with Gasteiger partial charge in [-0.25, -0.2) is 4.98 Å². The van der Waals surface area contributed by atoms with Crippen LogP contribution in [-0.2, 0) is 0 Å². The zero-order chi connectivity index (χ0) is 9.10. The first kappa shape index (κ1) is 8.51. The lowest BCUT2D eigenvalue weighted by molar-refractivity contribution is 0.616. The maximum absolute atomic E-state index is 4.33. The van der Waals surface area contributed by atoms with Gasteiger partial charge in [-0.1, -0.05) is 6.07 Å². The molecule has 0 spiro atoms. The van der Waals surface area contributed by atoms with E-state index in [0.717, 1.165) is 18.9 Å². The number of pyridine rings is 1. The summed E-state index contributed by atoms with van der Waals surface area (Å²) in [5.74, 6) is 1.10. The molecule has 1 aliphatic heterocycles. The minimum Gasteiger partial charge on any atom is -0.355 e. The molecule has 0 aliphatic carbocycles. The Morgan fingerprint density at radius 2 is 2.46 bits per heavy atom. The Balaban J connectivity index is 2.04. The lowest BCUT2D eigenvalue weighted by Crippen LogP contribution is -2.29. The first-order valence-electron chi connectivity index (χ1n) is 4.73. The molecule has 2 heterocycles. The second kappa shape index (κ2) is 3.75. The summed E-state index contributed by atoms with van der Waals surface area (Å²) in [4.78, 5) is 6.65. The van der Waals surface area contributed by atoms with Crippen LogP contribution in [0, 0.1) is 0 Å². The van der Waals surface area contributed by atoms with Crippen molar-refractivity contribution in [3.8, 4) is 0 Å². The molecule has 1 atom stereocenters. The van der Waals surface area contributed by atoms with Crippen molar-refractivity contribution in [3.05, 3.63) is 24.4 Å². The van der Waals surface area contributed by atoms with Gasteiger partial charge in [-0.05, 0) is 25.6 Å². The van der Waals surface area contributed by atoms with Crippen LogP contribution in [0.5, 0.6) is 0 Å². The Morgan fingerprint density at radius 3 is 3.08 bits per heavy atom. The van der Waals surface area contributed by atoms with Crippen LogP contribution < -0.4 is 10.2 Å². The van der Waals surface area contributed by atoms with E-state index in [0.29, 0.717) is 6.04 Å². The maximum atomic E-state index is 4.33. The van der Waals surface area contributed by atoms with E-state index in [9.17, 15) is 0 Å². The van der Waals surface area contributed by atoms with E-state index >= 15 is 0 Å². The van der Waals surface area contributed by atoms with Crippen LogP contribution in [0.2, 0.25) is 0 Å². The van der Waals surface area contributed by atoms with Crippen molar-refractivity contribution >= 4 is 5.82 Å². The monoisotopic (exact) mass is 177 g/mol. The highest BCUT2D eigenvalue weighted by Gasteiger charge is 2.21. The molecule has 1 saturated heterocycles. The molecule has 3 nitrogen and oxygen atoms in total. The van der Waals surface area contributed by atoms with Gasteiger partial charge in [0.1, 0.15) is 5.82 Å². The van der Waals surface area contributed by atoms with Crippen molar-refractivity contribution in [2.75, 3.05) is 25.0 Å². The summed E-state index contributed by atoms with van der Waals surface area (Å²) in [7, 11) is 2.02. The number of nitrogens with zero attached hydrogens (tertiary/aromatic N) is 2. The van der Waals surface area contributed by atoms with E-state index < -0.39 is 0 Å². The average molecular weight is 177 g/mol. The number of hydrogen-bond donors (Lipinski definition) is 1. The van der Waals surface area contributed by atoms with Gasteiger partial charge in [-0.2, -0.15) is 0 Å². The summed E-state index contributed by atoms with van der Waals surface area (Å²) in [6.07, 6.45) is 3.06. The van der Waals surface area contributed by atoms with Crippen molar-refractivity contribution in [2.24, 2.45) is 0 Å². The molecule has 2 rings (SSSR count). The number of likely N-dealkylation sites (N-methyl/N-ethyl adjacent to an activating group) is 1. The minimum atomic E-state index is 0.627. The molecular formula is C10H15N3. The summed E-state index contributed by atoms with van der Waals surface area (Å²) >= 11 is 0. The van der Waals surface area contributed by atoms with Crippen LogP contribution in [0.25, 0.3) is 0 Å². The van der Waals surface area contributed by atoms with Gasteiger partial charge in [-0.15, -0.1) is 0 Å². The van der Waals surface area contributed by atoms with Crippen molar-refractivity contribution in [2.45, 2.75) is 12.5 Å². The highest BCUT2D eigenvalue weighted by molar-refractivity contribution is 5.39. The molecule has 0 aromatic carbocycles. The van der Waals surface area contributed by atoms with Crippen LogP contribution >= 0.6 is 0 Å². The zero-order valence-corrected chi connectivity index (χ0v) is 7.90. The van der Waals surface area contributed by atoms with Gasteiger partial charge in [0.05, 0.1) is 0 Å². The molecule has 1 aromatic rings. The van der Waals surface area contributed by atoms with E-state index in [1.54, 1.807) is 0 Å². The van der Waals surface area contributed by atoms with E-state index in [4.69, 9.17) is 0 Å². The third kappa shape index (κ3) is 1.80. The van der Waals surface area contributed by atoms with E-state index in [1.165, 1.54) is 6.42 Å². The molecule has 0 amide bonds. The number of aromatic nitrogens is 1. The van der Waals surface area contributed by atoms with E-state index in [2.05, 4.69) is 21.3 Å². The van der Waals surface area contributed by atoms with E-state index in [-0.39, 0.29) is 0 Å². The molecular weight excluding hydrogens is 162 g/mol. The number of hydrogen-bond acceptors (Lipinski definition) is 3. The van der Waals surface area contributed by atoms with Crippen LogP contribution in [0.1, 0.15) is 6.42 Å². The molecule has 0 radical (unpaired) electrons. The molecule has 0 unspecified atom stereocenters. The molecule has 1 fully saturated rings. The SMILES string of the molecule is CN[C@@H]1CCN(c2ccccn2)C1. The normalized spacial score (nSPS) is 22.2. The van der Waals surface area contributed by atoms with Crippen LogP contribution in [-0.4, -0.2) is 31.2 Å². The summed E-state index contributed by atoms with van der Waals surface area (Å²) in [5, 5.41) is 3.29. The summed E-state index contributed by atoms with van der Waals surface area (Å²) in [6.45, 7) is 2.19. The number of nitrogens with one attached hydrogen (secondary N) is 1. The van der Waals surface area contributed by atoms with Gasteiger partial charge in [0.25, 0.3) is 0 Å². The van der Waals surface area contributed by atoms with Gasteiger partial charge in [0.15, 0.2) is 0 Å². The van der Waals surface area contributed by atoms with Gasteiger partial charge < -0.3 is 10.2 Å². The molecule has 1 aliphatic rings. The van der Waals surface area contributed by atoms with Crippen molar-refractivity contribution < 1.29 is 0 Å². The Hall–Kier alpha value is -1.09. The fourth-order valence-electron chi connectivity index (χ4n) is 1.74. The average Bonchev–Trinajstić information content (AvgIpc) is 2.67. The lowest BCUT2D eigenvalue weighted by Gasteiger charge is -2.16. The topological polar surface area (TPSA) is 28.2 Å². The third-order valence-corrected chi connectivity index (χ3v) is 2.57. The smallest absolute Gasteiger partial charge is 0.128 e. The van der Waals surface area contributed by atoms with Crippen molar-refractivity contribution in [3.63, 3.8) is 0 Å². The summed E-state index contributed by atoms with van der Waals surface area (Å²) in [6, 6.07) is 6.68. The molecule has 1 N–H and O–H groups in total. The zero-order valence-electron chi connectivity index (χ0n) is 7.90. The second-order valence-corrected chi connectivity index (χ2v) is 3.41. The lowest BCUT2D eigenvalue weighted by atomic mass is 10.3. The minimum absolute atomic E-state index is 0.627. The predicted octanol–water partition coefficient (Wildman–Crippen LogP) is 0.880. The Kier molecular flexibility index (Phi) is 2.45. The quantitative estimate of drug-likeness (QED) is 0.727. The summed E-state index contributed by atoms with van der Waals surface area (Å²) < 4.78 is 0. The van der Waals surface area contributed by atoms with Crippen LogP contribution in [0.3, 0.4) is 0 Å². The highest BCUT2D eigenvalue weighted by atomic mass is 15.2. The largest absolute Gasteiger partial charge is 0.355 e. The fourth-order valence-corrected chi connectivity index (χ4v) is 1.74. The van der Waals surface area contributed by atoms with Gasteiger partial charge in [0, 0.05) is 25.3 Å². The summed E-state index contributed by atoms with van der Waals surface area (Å²) in [5.41, 5.74) is 0. The predicted molar refractivity (Wildman–Crippen MR) is 53.9 cm³/mol. The standard InChI is InChI=1S/C10H15N3/c1-11-9-5-7-13(8-9)10-4-2-3-6-12-10/h2-4,6,9,11H,5,7-8H2,1H3/t9-/m1/s1. The number of rotatable bonds is 2. The molecule has 1 aromatic heterocycles. The molecule has 3 heteroatoms. The second-order valence-electron chi connectivity index (χ2n) is 3.41. The van der Waals surface area contributed by atoms with Crippen LogP contribution in [0.15, 0.2) is 24.4 Å². The Bertz CT molecular complexity index is 260. The van der Waals surface area contributed by atoms with Crippen molar-refractivity contribution in [1.29, 1.82) is 0 Å². The maximum Gasteiger partial charge on any atom is 0.128 e. The molecule has 13 heavy (non-hydrogen) atoms. The third-order valence-electron chi connectivity index (χ3n) is 2.57. The van der Waals surface area contributed by atoms with Crippen LogP contribution in [0.4, 0.5) is 5.82 Å². The number of anilines is 1. The first-order valence-corrected chi connectivity index (χ1v) is 4.73. The Labute approximate surface area is 78.8 Å².